The van der Waals surface area contributed by atoms with Crippen LogP contribution >= 0.6 is 24.0 Å². The van der Waals surface area contributed by atoms with Crippen molar-refractivity contribution in [1.82, 2.24) is 15.5 Å². The molecule has 0 radical (unpaired) electrons. The van der Waals surface area contributed by atoms with Crippen LogP contribution in [0.3, 0.4) is 0 Å². The summed E-state index contributed by atoms with van der Waals surface area (Å²) in [5.41, 5.74) is 1.04. The summed E-state index contributed by atoms with van der Waals surface area (Å²) in [5.74, 6) is -0.716. The lowest BCUT2D eigenvalue weighted by Crippen LogP contribution is -2.47. The molecule has 2 aromatic rings. The van der Waals surface area contributed by atoms with Crippen molar-refractivity contribution in [3.05, 3.63) is 65.7 Å². The molecule has 1 heterocycles. The Morgan fingerprint density at radius 1 is 1.13 bits per heavy atom. The van der Waals surface area contributed by atoms with Gasteiger partial charge in [0.1, 0.15) is 17.3 Å². The molecular weight excluding hydrogens is 515 g/mol. The van der Waals surface area contributed by atoms with Crippen LogP contribution in [0.25, 0.3) is 0 Å². The number of hydrogen-bond acceptors (Lipinski definition) is 3. The average Bonchev–Trinajstić information content (AvgIpc) is 3.18. The van der Waals surface area contributed by atoms with Crippen LogP contribution in [0.2, 0.25) is 0 Å². The molecule has 0 saturated carbocycles. The van der Waals surface area contributed by atoms with E-state index in [1.807, 2.05) is 30.3 Å². The van der Waals surface area contributed by atoms with Gasteiger partial charge in [0.2, 0.25) is 5.91 Å². The van der Waals surface area contributed by atoms with Crippen LogP contribution in [-0.4, -0.2) is 56.5 Å². The summed E-state index contributed by atoms with van der Waals surface area (Å²) in [6.45, 7) is 1.51. The van der Waals surface area contributed by atoms with Crippen molar-refractivity contribution in [2.75, 3.05) is 38.6 Å². The zero-order valence-corrected chi connectivity index (χ0v) is 20.0. The number of nitrogens with zero attached hydrogens (tertiary/aromatic N) is 3. The van der Waals surface area contributed by atoms with Gasteiger partial charge in [-0.05, 0) is 24.1 Å². The number of aliphatic imine (C=N–C) groups is 1. The molecule has 6 nitrogen and oxygen atoms in total. The number of guanidine groups is 1. The first-order valence-electron chi connectivity index (χ1n) is 9.92. The highest BCUT2D eigenvalue weighted by Gasteiger charge is 2.27. The molecule has 1 fully saturated rings. The molecule has 31 heavy (non-hydrogen) atoms. The van der Waals surface area contributed by atoms with E-state index in [0.29, 0.717) is 32.0 Å². The first-order chi connectivity index (χ1) is 14.4. The first-order valence-corrected chi connectivity index (χ1v) is 9.92. The molecule has 0 bridgehead atoms. The van der Waals surface area contributed by atoms with Gasteiger partial charge < -0.3 is 20.4 Å². The lowest BCUT2D eigenvalue weighted by molar-refractivity contribution is -0.127. The van der Waals surface area contributed by atoms with Crippen molar-refractivity contribution >= 4 is 41.5 Å². The third-order valence-electron chi connectivity index (χ3n) is 4.95. The third-order valence-corrected chi connectivity index (χ3v) is 4.95. The minimum absolute atomic E-state index is 0. The van der Waals surface area contributed by atoms with Gasteiger partial charge in [-0.1, -0.05) is 36.4 Å². The lowest BCUT2D eigenvalue weighted by atomic mass is 10.2. The smallest absolute Gasteiger partial charge is 0.241 e. The highest BCUT2D eigenvalue weighted by Crippen LogP contribution is 2.26. The topological polar surface area (TPSA) is 60.0 Å². The quantitative estimate of drug-likeness (QED) is 0.334. The van der Waals surface area contributed by atoms with Crippen LogP contribution in [0.15, 0.2) is 53.5 Å². The standard InChI is InChI=1S/C22H27F2N5O.HI/c1-28(2)20(30)14-26-22(25-13-16-7-4-3-5-8-16)27-17-11-12-29(15-17)21-18(23)9-6-10-19(21)24;/h3-10,17H,11-15H2,1-2H3,(H2,25,26,27);1H. The van der Waals surface area contributed by atoms with Crippen molar-refractivity contribution in [3.8, 4) is 0 Å². The summed E-state index contributed by atoms with van der Waals surface area (Å²) in [5, 5.41) is 6.36. The second-order valence-corrected chi connectivity index (χ2v) is 7.44. The monoisotopic (exact) mass is 543 g/mol. The number of hydrogen-bond donors (Lipinski definition) is 2. The van der Waals surface area contributed by atoms with Gasteiger partial charge in [-0.3, -0.25) is 4.79 Å². The molecule has 1 aliphatic heterocycles. The fourth-order valence-corrected chi connectivity index (χ4v) is 3.29. The van der Waals surface area contributed by atoms with E-state index in [1.54, 1.807) is 19.0 Å². The molecule has 2 aromatic carbocycles. The predicted molar refractivity (Wildman–Crippen MR) is 130 cm³/mol. The Bertz CT molecular complexity index is 874. The van der Waals surface area contributed by atoms with Gasteiger partial charge in [0.15, 0.2) is 5.96 Å². The van der Waals surface area contributed by atoms with Crippen molar-refractivity contribution in [2.45, 2.75) is 19.0 Å². The fraction of sp³-hybridized carbons (Fsp3) is 0.364. The van der Waals surface area contributed by atoms with E-state index in [-0.39, 0.29) is 48.2 Å². The number of benzene rings is 2. The van der Waals surface area contributed by atoms with Gasteiger partial charge in [0.05, 0.1) is 13.1 Å². The van der Waals surface area contributed by atoms with Crippen LogP contribution in [0.1, 0.15) is 12.0 Å². The van der Waals surface area contributed by atoms with Gasteiger partial charge in [0.25, 0.3) is 0 Å². The summed E-state index contributed by atoms with van der Waals surface area (Å²) in [7, 11) is 3.38. The molecule has 0 aromatic heterocycles. The molecule has 0 spiro atoms. The van der Waals surface area contributed by atoms with E-state index in [2.05, 4.69) is 15.6 Å². The Hall–Kier alpha value is -2.43. The molecule has 2 N–H and O–H groups in total. The minimum Gasteiger partial charge on any atom is -0.365 e. The number of carbonyl (C=O) groups is 1. The number of halogens is 3. The van der Waals surface area contributed by atoms with E-state index in [0.717, 1.165) is 5.56 Å². The Morgan fingerprint density at radius 2 is 1.81 bits per heavy atom. The van der Waals surface area contributed by atoms with Gasteiger partial charge in [0, 0.05) is 33.2 Å². The van der Waals surface area contributed by atoms with Crippen LogP contribution in [0.4, 0.5) is 14.5 Å². The Kier molecular flexibility index (Phi) is 9.47. The van der Waals surface area contributed by atoms with Crippen molar-refractivity contribution in [2.24, 2.45) is 4.99 Å². The third kappa shape index (κ3) is 7.05. The van der Waals surface area contributed by atoms with Crippen LogP contribution in [-0.2, 0) is 11.3 Å². The Labute approximate surface area is 198 Å². The van der Waals surface area contributed by atoms with Crippen LogP contribution < -0.4 is 15.5 Å². The molecule has 1 amide bonds. The number of nitrogens with one attached hydrogen (secondary N) is 2. The Morgan fingerprint density at radius 3 is 2.45 bits per heavy atom. The SMILES string of the molecule is CN(C)C(=O)CNC(=NCc1ccccc1)NC1CCN(c2c(F)cccc2F)C1.I. The minimum atomic E-state index is -0.566. The highest BCUT2D eigenvalue weighted by atomic mass is 127. The van der Waals surface area contributed by atoms with Gasteiger partial charge in [-0.15, -0.1) is 24.0 Å². The number of para-hydroxylation sites is 1. The van der Waals surface area contributed by atoms with Crippen LogP contribution in [0.5, 0.6) is 0 Å². The van der Waals surface area contributed by atoms with E-state index >= 15 is 0 Å². The van der Waals surface area contributed by atoms with Crippen molar-refractivity contribution in [1.29, 1.82) is 0 Å². The second-order valence-electron chi connectivity index (χ2n) is 7.44. The van der Waals surface area contributed by atoms with Crippen molar-refractivity contribution < 1.29 is 13.6 Å². The average molecular weight is 543 g/mol. The molecule has 1 aliphatic rings. The fourth-order valence-electron chi connectivity index (χ4n) is 3.29. The molecule has 168 valence electrons. The van der Waals surface area contributed by atoms with Gasteiger partial charge >= 0.3 is 0 Å². The number of carbonyl (C=O) groups excluding carboxylic acids is 1. The molecule has 1 saturated heterocycles. The van der Waals surface area contributed by atoms with Gasteiger partial charge in [-0.2, -0.15) is 0 Å². The number of anilines is 1. The van der Waals surface area contributed by atoms with Gasteiger partial charge in [-0.25, -0.2) is 13.8 Å². The predicted octanol–water partition coefficient (Wildman–Crippen LogP) is 2.99. The maximum absolute atomic E-state index is 14.1. The van der Waals surface area contributed by atoms with E-state index in [1.165, 1.54) is 23.1 Å². The molecule has 3 rings (SSSR count). The lowest BCUT2D eigenvalue weighted by Gasteiger charge is -2.21. The zero-order chi connectivity index (χ0) is 21.5. The van der Waals surface area contributed by atoms with Crippen LogP contribution in [0, 0.1) is 11.6 Å². The first kappa shape index (κ1) is 24.8. The summed E-state index contributed by atoms with van der Waals surface area (Å²) >= 11 is 0. The maximum Gasteiger partial charge on any atom is 0.241 e. The highest BCUT2D eigenvalue weighted by molar-refractivity contribution is 14.0. The number of likely N-dealkylation sites (N-methyl/N-ethyl adjacent to an activating group) is 1. The molecule has 1 atom stereocenters. The molecule has 0 aliphatic carbocycles. The van der Waals surface area contributed by atoms with E-state index in [9.17, 15) is 13.6 Å². The maximum atomic E-state index is 14.1. The second kappa shape index (κ2) is 11.8. The summed E-state index contributed by atoms with van der Waals surface area (Å²) in [6, 6.07) is 13.6. The largest absolute Gasteiger partial charge is 0.365 e. The molecule has 1 unspecified atom stereocenters. The summed E-state index contributed by atoms with van der Waals surface area (Å²) < 4.78 is 28.2. The molecule has 9 heteroatoms. The zero-order valence-electron chi connectivity index (χ0n) is 17.6. The number of rotatable bonds is 6. The Balaban J connectivity index is 0.00000341. The van der Waals surface area contributed by atoms with E-state index < -0.39 is 11.6 Å². The van der Waals surface area contributed by atoms with E-state index in [4.69, 9.17) is 0 Å². The number of amides is 1. The normalized spacial score (nSPS) is 15.9. The van der Waals surface area contributed by atoms with Crippen molar-refractivity contribution in [3.63, 3.8) is 0 Å². The summed E-state index contributed by atoms with van der Waals surface area (Å²) in [4.78, 5) is 19.7. The summed E-state index contributed by atoms with van der Waals surface area (Å²) in [6.07, 6.45) is 0.696. The molecular formula is C22H28F2IN5O.